The first-order valence-corrected chi connectivity index (χ1v) is 25.4. The van der Waals surface area contributed by atoms with Gasteiger partial charge in [-0.1, -0.05) is 117 Å². The maximum absolute atomic E-state index is 12.4. The summed E-state index contributed by atoms with van der Waals surface area (Å²) in [4.78, 5) is 48.6. The van der Waals surface area contributed by atoms with E-state index in [1.807, 2.05) is 36.7 Å². The molecule has 0 N–H and O–H groups in total. The van der Waals surface area contributed by atoms with Crippen LogP contribution in [0.5, 0.6) is 11.8 Å². The smallest absolute Gasteiger partial charge is 0.344 e. The minimum atomic E-state index is -0.399. The summed E-state index contributed by atoms with van der Waals surface area (Å²) in [7, 11) is 0. The Morgan fingerprint density at radius 2 is 1.06 bits per heavy atom. The van der Waals surface area contributed by atoms with Gasteiger partial charge in [0.25, 0.3) is 0 Å². The molecule has 13 heteroatoms. The van der Waals surface area contributed by atoms with Crippen molar-refractivity contribution < 1.29 is 32.6 Å². The average molecular weight is 950 g/mol. The first kappa shape index (κ1) is 54.5. The van der Waals surface area contributed by atoms with Crippen molar-refractivity contribution in [1.29, 1.82) is 0 Å². The van der Waals surface area contributed by atoms with E-state index in [2.05, 4.69) is 28.1 Å². The molecule has 0 spiro atoms. The fourth-order valence-electron chi connectivity index (χ4n) is 7.19. The summed E-state index contributed by atoms with van der Waals surface area (Å²) < 4.78 is 32.7. The number of hydrogen-bond donors (Lipinski definition) is 0. The van der Waals surface area contributed by atoms with E-state index in [-0.39, 0.29) is 11.6 Å². The van der Waals surface area contributed by atoms with Gasteiger partial charge in [0.15, 0.2) is 0 Å². The summed E-state index contributed by atoms with van der Waals surface area (Å²) in [6.45, 7) is 15.2. The minimum absolute atomic E-state index is 0.305. The van der Waals surface area contributed by atoms with Gasteiger partial charge in [-0.15, -0.1) is 0 Å². The SMILES string of the molecule is C=C(C)C(=O)OCCCCCCCCCCOc1cc2oc(=O)c(-c3ccncc3)cc2cn1.C=COCCCCCCCCCCCCOc1cc2oc(=O)c(-c3ccsc3)cc2cn1.CC. The highest BCUT2D eigenvalue weighted by molar-refractivity contribution is 7.08. The molecule has 6 rings (SSSR count). The summed E-state index contributed by atoms with van der Waals surface area (Å²) in [6.07, 6.45) is 29.1. The molecular weight excluding hydrogens is 879 g/mol. The zero-order valence-corrected chi connectivity index (χ0v) is 41.3. The molecule has 68 heavy (non-hydrogen) atoms. The van der Waals surface area contributed by atoms with E-state index in [0.29, 0.717) is 59.4 Å². The lowest BCUT2D eigenvalue weighted by molar-refractivity contribution is -0.139. The van der Waals surface area contributed by atoms with E-state index in [9.17, 15) is 14.4 Å². The van der Waals surface area contributed by atoms with Crippen LogP contribution in [0.2, 0.25) is 0 Å². The fraction of sp³-hybridized carbons (Fsp3) is 0.455. The van der Waals surface area contributed by atoms with Crippen LogP contribution in [-0.4, -0.2) is 47.3 Å². The van der Waals surface area contributed by atoms with Crippen molar-refractivity contribution >= 4 is 39.2 Å². The Hall–Kier alpha value is -6.08. The van der Waals surface area contributed by atoms with Crippen LogP contribution in [0.3, 0.4) is 0 Å². The number of fused-ring (bicyclic) bond motifs is 2. The van der Waals surface area contributed by atoms with Crippen molar-refractivity contribution in [1.82, 2.24) is 15.0 Å². The van der Waals surface area contributed by atoms with Gasteiger partial charge in [0.1, 0.15) is 11.2 Å². The Kier molecular flexibility index (Phi) is 26.1. The monoisotopic (exact) mass is 949 g/mol. The third kappa shape index (κ3) is 20.0. The number of esters is 1. The standard InChI is InChI=1S/C27H32N2O5.C26H33NO4S.C2H6/c1-20(2)26(30)33-16-10-8-6-4-3-5-7-9-15-32-25-18-24-22(19-29-25)17-23(27(31)34-24)21-11-13-28-14-12-21;1-2-29-14-11-9-7-5-3-4-6-8-10-12-15-30-25-18-24-22(19-27-25)17-23(26(28)31-24)21-13-16-32-20-21;1-2/h11-14,17-19H,1,3-10,15-16H2,2H3;2,13,16-20H,1,3-12,14-15H2;1-2H3. The van der Waals surface area contributed by atoms with E-state index in [4.69, 9.17) is 27.8 Å². The Balaban J connectivity index is 0.000000287. The first-order chi connectivity index (χ1) is 33.3. The number of aromatic nitrogens is 3. The van der Waals surface area contributed by atoms with Crippen LogP contribution in [-0.2, 0) is 14.3 Å². The van der Waals surface area contributed by atoms with Crippen molar-refractivity contribution in [2.45, 2.75) is 136 Å². The van der Waals surface area contributed by atoms with Gasteiger partial charge in [-0.25, -0.2) is 24.4 Å². The highest BCUT2D eigenvalue weighted by atomic mass is 32.1. The maximum Gasteiger partial charge on any atom is 0.344 e. The highest BCUT2D eigenvalue weighted by Crippen LogP contribution is 2.25. The molecule has 0 atom stereocenters. The molecule has 6 aromatic heterocycles. The van der Waals surface area contributed by atoms with Gasteiger partial charge >= 0.3 is 17.2 Å². The molecule has 0 aliphatic rings. The molecule has 0 bridgehead atoms. The van der Waals surface area contributed by atoms with Crippen LogP contribution >= 0.6 is 11.3 Å². The number of thiophene rings is 1. The second kappa shape index (κ2) is 32.6. The molecule has 0 saturated heterocycles. The Morgan fingerprint density at radius 1 is 0.618 bits per heavy atom. The Morgan fingerprint density at radius 3 is 1.50 bits per heavy atom. The van der Waals surface area contributed by atoms with Crippen LogP contribution in [0.1, 0.15) is 136 Å². The maximum atomic E-state index is 12.4. The molecule has 0 aliphatic carbocycles. The predicted molar refractivity (Wildman–Crippen MR) is 274 cm³/mol. The van der Waals surface area contributed by atoms with Gasteiger partial charge in [-0.05, 0) is 84.8 Å². The first-order valence-electron chi connectivity index (χ1n) is 24.4. The van der Waals surface area contributed by atoms with E-state index < -0.39 is 5.63 Å². The van der Waals surface area contributed by atoms with Gasteiger partial charge in [-0.2, -0.15) is 11.3 Å². The van der Waals surface area contributed by atoms with Crippen LogP contribution in [0.4, 0.5) is 0 Å². The summed E-state index contributed by atoms with van der Waals surface area (Å²) in [6, 6.07) is 12.4. The number of pyridine rings is 3. The summed E-state index contributed by atoms with van der Waals surface area (Å²) in [5.41, 5.74) is 3.36. The van der Waals surface area contributed by atoms with Crippen molar-refractivity contribution in [3.63, 3.8) is 0 Å². The molecule has 0 aromatic carbocycles. The summed E-state index contributed by atoms with van der Waals surface area (Å²) in [5.74, 6) is 0.655. The number of hydrogen-bond acceptors (Lipinski definition) is 13. The third-order valence-corrected chi connectivity index (χ3v) is 11.6. The van der Waals surface area contributed by atoms with Crippen LogP contribution in [0, 0.1) is 0 Å². The van der Waals surface area contributed by atoms with Gasteiger partial charge in [-0.3, -0.25) is 4.98 Å². The molecular formula is C55H71N3O9S. The molecule has 12 nitrogen and oxygen atoms in total. The minimum Gasteiger partial charge on any atom is -0.502 e. The topological polar surface area (TPSA) is 153 Å². The largest absolute Gasteiger partial charge is 0.502 e. The van der Waals surface area contributed by atoms with Crippen molar-refractivity contribution in [2.24, 2.45) is 0 Å². The molecule has 0 amide bonds. The van der Waals surface area contributed by atoms with Crippen molar-refractivity contribution in [2.75, 3.05) is 26.4 Å². The van der Waals surface area contributed by atoms with Gasteiger partial charge in [0.2, 0.25) is 11.8 Å². The lowest BCUT2D eigenvalue weighted by Gasteiger charge is -2.07. The molecule has 0 radical (unpaired) electrons. The summed E-state index contributed by atoms with van der Waals surface area (Å²) >= 11 is 1.55. The molecule has 6 aromatic rings. The Bertz CT molecular complexity index is 2480. The van der Waals surface area contributed by atoms with E-state index >= 15 is 0 Å². The third-order valence-electron chi connectivity index (χ3n) is 10.9. The van der Waals surface area contributed by atoms with Crippen molar-refractivity contribution in [3.8, 4) is 34.0 Å². The number of nitrogens with zero attached hydrogens (tertiary/aromatic N) is 3. The molecule has 0 saturated carbocycles. The number of ether oxygens (including phenoxy) is 4. The number of carbonyl (C=O) groups excluding carboxylic acids is 1. The highest BCUT2D eigenvalue weighted by Gasteiger charge is 2.11. The molecule has 0 unspecified atom stereocenters. The van der Waals surface area contributed by atoms with Gasteiger partial charge in [0, 0.05) is 53.3 Å². The number of rotatable bonds is 30. The lowest BCUT2D eigenvalue weighted by atomic mass is 10.1. The second-order valence-corrected chi connectivity index (χ2v) is 17.1. The molecule has 0 aliphatic heterocycles. The fourth-order valence-corrected chi connectivity index (χ4v) is 7.85. The lowest BCUT2D eigenvalue weighted by Crippen LogP contribution is -2.05. The van der Waals surface area contributed by atoms with Crippen LogP contribution in [0.25, 0.3) is 44.2 Å². The van der Waals surface area contributed by atoms with Gasteiger partial charge in [0.05, 0.1) is 43.8 Å². The molecule has 366 valence electrons. The van der Waals surface area contributed by atoms with Crippen molar-refractivity contribution in [3.05, 3.63) is 124 Å². The average Bonchev–Trinajstić information content (AvgIpc) is 3.90. The second-order valence-electron chi connectivity index (χ2n) is 16.3. The quantitative estimate of drug-likeness (QED) is 0.0183. The van der Waals surface area contributed by atoms with Gasteiger partial charge < -0.3 is 27.8 Å². The van der Waals surface area contributed by atoms with E-state index in [1.165, 1.54) is 64.0 Å². The predicted octanol–water partition coefficient (Wildman–Crippen LogP) is 14.3. The normalized spacial score (nSPS) is 10.7. The zero-order valence-electron chi connectivity index (χ0n) is 40.5. The van der Waals surface area contributed by atoms with Crippen LogP contribution in [0.15, 0.2) is 121 Å². The Labute approximate surface area is 405 Å². The van der Waals surface area contributed by atoms with Crippen LogP contribution < -0.4 is 20.7 Å². The number of unbranched alkanes of at least 4 members (excludes halogenated alkanes) is 16. The zero-order chi connectivity index (χ0) is 48.6. The van der Waals surface area contributed by atoms with E-state index in [0.717, 1.165) is 86.3 Å². The molecule has 0 fully saturated rings. The van der Waals surface area contributed by atoms with E-state index in [1.54, 1.807) is 73.4 Å². The molecule has 6 heterocycles. The summed E-state index contributed by atoms with van der Waals surface area (Å²) in [5, 5.41) is 5.42. The number of carbonyl (C=O) groups is 1.